The monoisotopic (exact) mass is 401 g/mol. The molecule has 3 heterocycles. The number of aromatic hydroxyl groups is 1. The lowest BCUT2D eigenvalue weighted by molar-refractivity contribution is 0.393. The Kier molecular flexibility index (Phi) is 6.02. The smallest absolute Gasteiger partial charge is 0.257 e. The number of carbonyl (C=O) groups excluding carboxylic acids is 1. The molecular formula is C24H25N4O2. The highest BCUT2D eigenvalue weighted by Crippen LogP contribution is 2.25. The second-order valence-corrected chi connectivity index (χ2v) is 7.85. The molecule has 4 rings (SSSR count). The van der Waals surface area contributed by atoms with Gasteiger partial charge in [-0.05, 0) is 49.3 Å². The second kappa shape index (κ2) is 9.03. The van der Waals surface area contributed by atoms with E-state index in [2.05, 4.69) is 56.3 Å². The van der Waals surface area contributed by atoms with Crippen molar-refractivity contribution in [2.45, 2.75) is 32.6 Å². The fourth-order valence-electron chi connectivity index (χ4n) is 3.95. The minimum atomic E-state index is -0.176. The van der Waals surface area contributed by atoms with Crippen LogP contribution in [0.5, 0.6) is 5.75 Å². The minimum Gasteiger partial charge on any atom is -0.504 e. The van der Waals surface area contributed by atoms with Gasteiger partial charge in [-0.1, -0.05) is 36.4 Å². The number of pyridine rings is 1. The zero-order valence-electron chi connectivity index (χ0n) is 17.1. The van der Waals surface area contributed by atoms with E-state index in [-0.39, 0.29) is 11.4 Å². The van der Waals surface area contributed by atoms with Gasteiger partial charge in [0, 0.05) is 25.7 Å². The maximum absolute atomic E-state index is 11.0. The molecule has 3 aromatic rings. The lowest BCUT2D eigenvalue weighted by Crippen LogP contribution is -2.35. The highest BCUT2D eigenvalue weighted by molar-refractivity contribution is 5.76. The number of hydrogen-bond donors (Lipinski definition) is 1. The van der Waals surface area contributed by atoms with Gasteiger partial charge in [-0.15, -0.1) is 0 Å². The van der Waals surface area contributed by atoms with E-state index in [0.29, 0.717) is 23.9 Å². The Balaban J connectivity index is 1.33. The molecule has 153 valence electrons. The molecule has 2 aromatic heterocycles. The van der Waals surface area contributed by atoms with E-state index < -0.39 is 0 Å². The third-order valence-electron chi connectivity index (χ3n) is 5.67. The molecule has 0 spiro atoms. The van der Waals surface area contributed by atoms with Crippen LogP contribution in [0.15, 0.2) is 48.7 Å². The van der Waals surface area contributed by atoms with Crippen LogP contribution < -0.4 is 4.90 Å². The summed E-state index contributed by atoms with van der Waals surface area (Å²) in [6, 6.07) is 14.7. The lowest BCUT2D eigenvalue weighted by Gasteiger charge is -2.32. The largest absolute Gasteiger partial charge is 0.504 e. The average molecular weight is 401 g/mol. The van der Waals surface area contributed by atoms with Gasteiger partial charge in [0.05, 0.1) is 5.69 Å². The maximum Gasteiger partial charge on any atom is 0.257 e. The second-order valence-electron chi connectivity index (χ2n) is 7.85. The Hall–Kier alpha value is -3.28. The number of aromatic nitrogens is 3. The quantitative estimate of drug-likeness (QED) is 0.682. The highest BCUT2D eigenvalue weighted by atomic mass is 16.3. The first kappa shape index (κ1) is 20.0. The fraction of sp³-hybridized carbons (Fsp3) is 0.333. The molecule has 1 saturated heterocycles. The van der Waals surface area contributed by atoms with Crippen molar-refractivity contribution in [3.8, 4) is 5.75 Å². The summed E-state index contributed by atoms with van der Waals surface area (Å²) >= 11 is 0. The van der Waals surface area contributed by atoms with Crippen LogP contribution in [0, 0.1) is 12.8 Å². The van der Waals surface area contributed by atoms with Crippen molar-refractivity contribution in [2.24, 2.45) is 5.92 Å². The normalized spacial score (nSPS) is 14.6. The molecule has 0 unspecified atom stereocenters. The van der Waals surface area contributed by atoms with Gasteiger partial charge in [0.15, 0.2) is 11.4 Å². The van der Waals surface area contributed by atoms with Gasteiger partial charge < -0.3 is 10.0 Å². The number of rotatable bonds is 6. The predicted molar refractivity (Wildman–Crippen MR) is 115 cm³/mol. The van der Waals surface area contributed by atoms with Crippen molar-refractivity contribution in [3.05, 3.63) is 77.0 Å². The molecule has 0 amide bonds. The summed E-state index contributed by atoms with van der Waals surface area (Å²) in [5.74, 6) is 1.89. The molecule has 0 aliphatic carbocycles. The molecule has 1 aromatic carbocycles. The van der Waals surface area contributed by atoms with E-state index in [0.717, 1.165) is 38.2 Å². The van der Waals surface area contributed by atoms with Crippen molar-refractivity contribution >= 4 is 12.1 Å². The lowest BCUT2D eigenvalue weighted by atomic mass is 9.93. The molecule has 1 N–H and O–H groups in total. The summed E-state index contributed by atoms with van der Waals surface area (Å²) in [6.45, 7) is 3.54. The van der Waals surface area contributed by atoms with Crippen LogP contribution >= 0.6 is 0 Å². The van der Waals surface area contributed by atoms with Crippen LogP contribution in [0.25, 0.3) is 0 Å². The van der Waals surface area contributed by atoms with Crippen molar-refractivity contribution in [2.75, 3.05) is 18.0 Å². The first-order chi connectivity index (χ1) is 14.6. The molecule has 0 atom stereocenters. The zero-order valence-corrected chi connectivity index (χ0v) is 17.1. The van der Waals surface area contributed by atoms with Crippen molar-refractivity contribution < 1.29 is 9.90 Å². The molecule has 1 aliphatic heterocycles. The number of anilines is 1. The Labute approximate surface area is 176 Å². The molecule has 1 radical (unpaired) electrons. The highest BCUT2D eigenvalue weighted by Gasteiger charge is 2.22. The van der Waals surface area contributed by atoms with Crippen LogP contribution in [-0.2, 0) is 17.6 Å². The molecule has 6 heteroatoms. The summed E-state index contributed by atoms with van der Waals surface area (Å²) < 4.78 is 0. The molecule has 6 nitrogen and oxygen atoms in total. The van der Waals surface area contributed by atoms with E-state index in [9.17, 15) is 9.90 Å². The number of hydrogen-bond acceptors (Lipinski definition) is 6. The van der Waals surface area contributed by atoms with E-state index in [1.807, 2.05) is 12.3 Å². The van der Waals surface area contributed by atoms with Gasteiger partial charge in [-0.25, -0.2) is 15.0 Å². The fourth-order valence-corrected chi connectivity index (χ4v) is 3.95. The van der Waals surface area contributed by atoms with Crippen LogP contribution in [0.1, 0.15) is 41.2 Å². The standard InChI is InChI=1S/C24H25N4O2/c1-17-24(30)21(16-29)27-22(26-17)14-19-9-11-28(12-10-19)23-8-7-20(15-25-23)13-18-5-3-2-4-6-18/h2-8,15,19,30H,9-14H2,1H3. The molecule has 0 saturated carbocycles. The summed E-state index contributed by atoms with van der Waals surface area (Å²) in [5.41, 5.74) is 2.88. The third-order valence-corrected chi connectivity index (χ3v) is 5.67. The zero-order chi connectivity index (χ0) is 20.9. The molecule has 30 heavy (non-hydrogen) atoms. The van der Waals surface area contributed by atoms with Crippen LogP contribution in [0.2, 0.25) is 0 Å². The Morgan fingerprint density at radius 1 is 1.07 bits per heavy atom. The van der Waals surface area contributed by atoms with Crippen LogP contribution in [0.3, 0.4) is 0 Å². The average Bonchev–Trinajstić information content (AvgIpc) is 2.78. The van der Waals surface area contributed by atoms with E-state index in [4.69, 9.17) is 0 Å². The van der Waals surface area contributed by atoms with Gasteiger partial charge >= 0.3 is 0 Å². The van der Waals surface area contributed by atoms with E-state index >= 15 is 0 Å². The van der Waals surface area contributed by atoms with Crippen LogP contribution in [0.4, 0.5) is 5.82 Å². The first-order valence-electron chi connectivity index (χ1n) is 10.3. The van der Waals surface area contributed by atoms with Gasteiger partial charge in [0.1, 0.15) is 11.6 Å². The van der Waals surface area contributed by atoms with Gasteiger partial charge in [-0.2, -0.15) is 0 Å². The molecular weight excluding hydrogens is 376 g/mol. The van der Waals surface area contributed by atoms with Crippen molar-refractivity contribution in [1.82, 2.24) is 15.0 Å². The van der Waals surface area contributed by atoms with Gasteiger partial charge in [0.25, 0.3) is 6.29 Å². The maximum atomic E-state index is 11.0. The van der Waals surface area contributed by atoms with Gasteiger partial charge in [-0.3, -0.25) is 4.79 Å². The third kappa shape index (κ3) is 4.64. The summed E-state index contributed by atoms with van der Waals surface area (Å²) in [4.78, 5) is 26.4. The Morgan fingerprint density at radius 3 is 2.50 bits per heavy atom. The predicted octanol–water partition coefficient (Wildman–Crippen LogP) is 3.39. The molecule has 1 fully saturated rings. The van der Waals surface area contributed by atoms with Gasteiger partial charge in [0.2, 0.25) is 0 Å². The minimum absolute atomic E-state index is 0.0465. The number of aryl methyl sites for hydroxylation is 1. The van der Waals surface area contributed by atoms with E-state index in [1.165, 1.54) is 11.1 Å². The Morgan fingerprint density at radius 2 is 1.83 bits per heavy atom. The van der Waals surface area contributed by atoms with E-state index in [1.54, 1.807) is 13.2 Å². The first-order valence-corrected chi connectivity index (χ1v) is 10.3. The summed E-state index contributed by atoms with van der Waals surface area (Å²) in [5, 5.41) is 9.79. The molecule has 0 bridgehead atoms. The van der Waals surface area contributed by atoms with Crippen molar-refractivity contribution in [3.63, 3.8) is 0 Å². The summed E-state index contributed by atoms with van der Waals surface area (Å²) in [6.07, 6.45) is 7.28. The SMILES string of the molecule is Cc1nc(CC2CCN(c3ccc(Cc4ccccc4)cn3)CC2)nc([C]=O)c1O. The number of piperidine rings is 1. The van der Waals surface area contributed by atoms with Crippen LogP contribution in [-0.4, -0.2) is 39.4 Å². The Bertz CT molecular complexity index is 998. The number of nitrogens with zero attached hydrogens (tertiary/aromatic N) is 4. The number of benzene rings is 1. The summed E-state index contributed by atoms with van der Waals surface area (Å²) in [7, 11) is 0. The topological polar surface area (TPSA) is 79.2 Å². The molecule has 1 aliphatic rings. The van der Waals surface area contributed by atoms with Crippen molar-refractivity contribution in [1.29, 1.82) is 0 Å².